The van der Waals surface area contributed by atoms with Crippen molar-refractivity contribution in [1.82, 2.24) is 5.32 Å². The van der Waals surface area contributed by atoms with Crippen LogP contribution in [0.15, 0.2) is 0 Å². The molecule has 5 nitrogen and oxygen atoms in total. The maximum atomic E-state index is 5.84. The zero-order chi connectivity index (χ0) is 15.1. The van der Waals surface area contributed by atoms with E-state index in [1.165, 1.54) is 19.3 Å². The first-order chi connectivity index (χ1) is 9.74. The summed E-state index contributed by atoms with van der Waals surface area (Å²) in [6.45, 7) is 10.7. The first kappa shape index (κ1) is 20.0. The molecule has 0 fully saturated rings. The number of rotatable bonds is 15. The third kappa shape index (κ3) is 9.85. The molecule has 0 radical (unpaired) electrons. The number of nitrogens with one attached hydrogen (secondary N) is 1. The lowest BCUT2D eigenvalue weighted by Gasteiger charge is -2.28. The topological polar surface area (TPSA) is 65.7 Å². The summed E-state index contributed by atoms with van der Waals surface area (Å²) in [7, 11) is -2.41. The largest absolute Gasteiger partial charge is 0.500 e. The van der Waals surface area contributed by atoms with Crippen molar-refractivity contribution >= 4 is 8.80 Å². The lowest BCUT2D eigenvalue weighted by Crippen LogP contribution is -2.45. The van der Waals surface area contributed by atoms with E-state index in [0.717, 1.165) is 25.6 Å². The molecule has 0 aliphatic heterocycles. The lowest BCUT2D eigenvalue weighted by molar-refractivity contribution is 0.0706. The van der Waals surface area contributed by atoms with Crippen LogP contribution >= 0.6 is 0 Å². The van der Waals surface area contributed by atoms with Crippen molar-refractivity contribution in [3.8, 4) is 0 Å². The highest BCUT2D eigenvalue weighted by atomic mass is 28.4. The second-order valence-electron chi connectivity index (χ2n) is 4.68. The smallest absolute Gasteiger partial charge is 0.374 e. The Morgan fingerprint density at radius 1 is 0.800 bits per heavy atom. The van der Waals surface area contributed by atoms with Crippen LogP contribution < -0.4 is 11.1 Å². The van der Waals surface area contributed by atoms with Crippen LogP contribution in [0.4, 0.5) is 0 Å². The summed E-state index contributed by atoms with van der Waals surface area (Å²) in [4.78, 5) is 0. The van der Waals surface area contributed by atoms with E-state index in [2.05, 4.69) is 5.32 Å². The van der Waals surface area contributed by atoms with E-state index in [0.29, 0.717) is 26.4 Å². The molecule has 0 heterocycles. The summed E-state index contributed by atoms with van der Waals surface area (Å²) in [5.41, 5.74) is 5.42. The Balaban J connectivity index is 3.82. The molecule has 0 saturated heterocycles. The van der Waals surface area contributed by atoms with E-state index < -0.39 is 8.80 Å². The Morgan fingerprint density at radius 2 is 1.35 bits per heavy atom. The highest BCUT2D eigenvalue weighted by molar-refractivity contribution is 6.60. The van der Waals surface area contributed by atoms with Gasteiger partial charge in [0.15, 0.2) is 0 Å². The molecule has 122 valence electrons. The zero-order valence-electron chi connectivity index (χ0n) is 13.6. The van der Waals surface area contributed by atoms with Gasteiger partial charge in [0.05, 0.1) is 0 Å². The van der Waals surface area contributed by atoms with Gasteiger partial charge in [-0.05, 0) is 40.2 Å². The normalized spacial score (nSPS) is 12.0. The van der Waals surface area contributed by atoms with Crippen molar-refractivity contribution in [2.45, 2.75) is 52.5 Å². The lowest BCUT2D eigenvalue weighted by atomic mass is 10.2. The quantitative estimate of drug-likeness (QED) is 0.358. The third-order valence-corrected chi connectivity index (χ3v) is 6.15. The van der Waals surface area contributed by atoms with Crippen molar-refractivity contribution in [3.05, 3.63) is 0 Å². The molecular weight excluding hydrogens is 272 g/mol. The maximum Gasteiger partial charge on any atom is 0.500 e. The summed E-state index contributed by atoms with van der Waals surface area (Å²) in [5, 5.41) is 3.31. The number of unbranched alkanes of at least 4 members (excludes halogenated alkanes) is 3. The number of hydrogen-bond donors (Lipinski definition) is 2. The molecule has 0 spiro atoms. The van der Waals surface area contributed by atoms with Crippen LogP contribution in [0.25, 0.3) is 0 Å². The van der Waals surface area contributed by atoms with Gasteiger partial charge in [0.1, 0.15) is 0 Å². The predicted octanol–water partition coefficient (Wildman–Crippen LogP) is 2.14. The molecule has 0 aromatic heterocycles. The van der Waals surface area contributed by atoms with Crippen LogP contribution in [-0.4, -0.2) is 48.3 Å². The SMILES string of the molecule is CCO[Si](CCCCCCNCCN)(OCC)OCC. The second-order valence-corrected chi connectivity index (χ2v) is 7.42. The Kier molecular flexibility index (Phi) is 14.0. The van der Waals surface area contributed by atoms with Gasteiger partial charge in [0.2, 0.25) is 0 Å². The van der Waals surface area contributed by atoms with Crippen molar-refractivity contribution < 1.29 is 13.3 Å². The summed E-state index contributed by atoms with van der Waals surface area (Å²) in [5.74, 6) is 0. The summed E-state index contributed by atoms with van der Waals surface area (Å²) in [6, 6.07) is 0.929. The monoisotopic (exact) mass is 306 g/mol. The first-order valence-electron chi connectivity index (χ1n) is 8.07. The van der Waals surface area contributed by atoms with Gasteiger partial charge >= 0.3 is 8.80 Å². The molecule has 0 atom stereocenters. The molecule has 0 amide bonds. The average molecular weight is 307 g/mol. The van der Waals surface area contributed by atoms with Crippen molar-refractivity contribution in [2.24, 2.45) is 5.73 Å². The van der Waals surface area contributed by atoms with E-state index in [1.54, 1.807) is 0 Å². The standard InChI is InChI=1S/C14H34N2O3Si/c1-4-17-20(18-5-2,19-6-3)14-10-8-7-9-12-16-13-11-15/h16H,4-15H2,1-3H3. The molecule has 0 aromatic carbocycles. The van der Waals surface area contributed by atoms with Crippen molar-refractivity contribution in [3.63, 3.8) is 0 Å². The van der Waals surface area contributed by atoms with Gasteiger partial charge in [-0.3, -0.25) is 0 Å². The molecule has 6 heteroatoms. The van der Waals surface area contributed by atoms with Crippen LogP contribution in [0.5, 0.6) is 0 Å². The van der Waals surface area contributed by atoms with E-state index >= 15 is 0 Å². The van der Waals surface area contributed by atoms with Crippen LogP contribution in [0, 0.1) is 0 Å². The van der Waals surface area contributed by atoms with Gasteiger partial charge < -0.3 is 24.3 Å². The van der Waals surface area contributed by atoms with Gasteiger partial charge in [-0.25, -0.2) is 0 Å². The average Bonchev–Trinajstić information content (AvgIpc) is 2.43. The predicted molar refractivity (Wildman–Crippen MR) is 85.8 cm³/mol. The van der Waals surface area contributed by atoms with Gasteiger partial charge in [-0.2, -0.15) is 0 Å². The molecule has 3 N–H and O–H groups in total. The molecule has 0 rings (SSSR count). The second kappa shape index (κ2) is 14.0. The van der Waals surface area contributed by atoms with Crippen LogP contribution in [0.2, 0.25) is 6.04 Å². The Labute approximate surface area is 125 Å². The molecule has 0 saturated carbocycles. The van der Waals surface area contributed by atoms with E-state index in [9.17, 15) is 0 Å². The van der Waals surface area contributed by atoms with Gasteiger partial charge in [0, 0.05) is 39.0 Å². The summed E-state index contributed by atoms with van der Waals surface area (Å²) < 4.78 is 17.5. The Hall–Kier alpha value is 0.0169. The molecule has 0 bridgehead atoms. The minimum absolute atomic E-state index is 0.662. The summed E-state index contributed by atoms with van der Waals surface area (Å²) >= 11 is 0. The summed E-state index contributed by atoms with van der Waals surface area (Å²) in [6.07, 6.45) is 4.74. The Morgan fingerprint density at radius 3 is 1.85 bits per heavy atom. The Bertz CT molecular complexity index is 192. The van der Waals surface area contributed by atoms with Gasteiger partial charge in [0.25, 0.3) is 0 Å². The fourth-order valence-corrected chi connectivity index (χ4v) is 4.86. The molecule has 0 aromatic rings. The van der Waals surface area contributed by atoms with Crippen LogP contribution in [-0.2, 0) is 13.3 Å². The molecule has 20 heavy (non-hydrogen) atoms. The van der Waals surface area contributed by atoms with Gasteiger partial charge in [-0.15, -0.1) is 0 Å². The van der Waals surface area contributed by atoms with Crippen LogP contribution in [0.3, 0.4) is 0 Å². The zero-order valence-corrected chi connectivity index (χ0v) is 14.6. The van der Waals surface area contributed by atoms with E-state index in [4.69, 9.17) is 19.0 Å². The number of hydrogen-bond acceptors (Lipinski definition) is 5. The highest BCUT2D eigenvalue weighted by Gasteiger charge is 2.39. The fraction of sp³-hybridized carbons (Fsp3) is 1.00. The fourth-order valence-electron chi connectivity index (χ4n) is 2.17. The third-order valence-electron chi connectivity index (χ3n) is 3.00. The van der Waals surface area contributed by atoms with E-state index in [1.807, 2.05) is 20.8 Å². The van der Waals surface area contributed by atoms with Crippen molar-refractivity contribution in [1.29, 1.82) is 0 Å². The van der Waals surface area contributed by atoms with E-state index in [-0.39, 0.29) is 0 Å². The number of nitrogens with two attached hydrogens (primary N) is 1. The molecule has 0 aliphatic carbocycles. The first-order valence-corrected chi connectivity index (χ1v) is 10.0. The van der Waals surface area contributed by atoms with Crippen molar-refractivity contribution in [2.75, 3.05) is 39.5 Å². The maximum absolute atomic E-state index is 5.84. The minimum Gasteiger partial charge on any atom is -0.374 e. The minimum atomic E-state index is -2.41. The molecule has 0 unspecified atom stereocenters. The van der Waals surface area contributed by atoms with Gasteiger partial charge in [-0.1, -0.05) is 12.8 Å². The van der Waals surface area contributed by atoms with Crippen LogP contribution in [0.1, 0.15) is 46.5 Å². The molecule has 0 aliphatic rings. The highest BCUT2D eigenvalue weighted by Crippen LogP contribution is 2.20. The molecular formula is C14H34N2O3Si.